The molecule has 0 spiro atoms. The lowest BCUT2D eigenvalue weighted by molar-refractivity contribution is -0.271. The lowest BCUT2D eigenvalue weighted by Gasteiger charge is -2.31. The first-order valence-electron chi connectivity index (χ1n) is 9.39. The van der Waals surface area contributed by atoms with Crippen LogP contribution in [0.2, 0.25) is 0 Å². The van der Waals surface area contributed by atoms with Crippen molar-refractivity contribution in [1.82, 2.24) is 0 Å². The SMILES string of the molecule is C=c1ccccc1=C1c2cc(C)c([O-])c(Br)c2Oc2c1cc(CC1C=N1)c([O-])c2Br. The predicted molar refractivity (Wildman–Crippen MR) is 121 cm³/mol. The van der Waals surface area contributed by atoms with E-state index < -0.39 is 0 Å². The van der Waals surface area contributed by atoms with Crippen LogP contribution >= 0.6 is 31.9 Å². The molecule has 0 saturated heterocycles. The first-order chi connectivity index (χ1) is 14.4. The molecule has 2 aliphatic heterocycles. The molecule has 0 radical (unpaired) electrons. The summed E-state index contributed by atoms with van der Waals surface area (Å²) in [6.07, 6.45) is 2.39. The predicted octanol–water partition coefficient (Wildman–Crippen LogP) is 3.43. The third-order valence-electron chi connectivity index (χ3n) is 5.43. The van der Waals surface area contributed by atoms with Crippen molar-refractivity contribution >= 4 is 50.2 Å². The molecule has 5 rings (SSSR count). The number of benzene rings is 3. The topological polar surface area (TPSA) is 67.7 Å². The normalized spacial score (nSPS) is 17.9. The molecule has 3 aromatic carbocycles. The van der Waals surface area contributed by atoms with E-state index in [2.05, 4.69) is 43.4 Å². The molecule has 2 heterocycles. The van der Waals surface area contributed by atoms with Crippen LogP contribution in [0.15, 0.2) is 50.3 Å². The Kier molecular flexibility index (Phi) is 4.52. The first kappa shape index (κ1) is 19.4. The molecule has 2 aliphatic rings. The number of hydrogen-bond acceptors (Lipinski definition) is 4. The number of hydrogen-bond donors (Lipinski definition) is 0. The van der Waals surface area contributed by atoms with Gasteiger partial charge < -0.3 is 14.9 Å². The van der Waals surface area contributed by atoms with Gasteiger partial charge in [-0.3, -0.25) is 4.99 Å². The summed E-state index contributed by atoms with van der Waals surface area (Å²) in [6, 6.07) is 11.6. The molecule has 0 N–H and O–H groups in total. The molecule has 0 saturated carbocycles. The van der Waals surface area contributed by atoms with E-state index in [9.17, 15) is 10.2 Å². The second-order valence-corrected chi connectivity index (χ2v) is 9.06. The maximum absolute atomic E-state index is 13.0. The Balaban J connectivity index is 1.91. The number of rotatable bonds is 2. The minimum absolute atomic E-state index is 0.0856. The molecule has 4 nitrogen and oxygen atoms in total. The van der Waals surface area contributed by atoms with Gasteiger partial charge in [0.2, 0.25) is 0 Å². The van der Waals surface area contributed by atoms with Gasteiger partial charge in [-0.25, -0.2) is 0 Å². The highest BCUT2D eigenvalue weighted by atomic mass is 79.9. The molecule has 0 aromatic heterocycles. The lowest BCUT2D eigenvalue weighted by atomic mass is 9.88. The van der Waals surface area contributed by atoms with Crippen LogP contribution < -0.4 is 25.4 Å². The van der Waals surface area contributed by atoms with Crippen molar-refractivity contribution in [3.8, 4) is 23.0 Å². The summed E-state index contributed by atoms with van der Waals surface area (Å²) < 4.78 is 6.85. The minimum Gasteiger partial charge on any atom is -0.871 e. The van der Waals surface area contributed by atoms with Gasteiger partial charge in [0, 0.05) is 22.9 Å². The molecule has 0 fully saturated rings. The average Bonchev–Trinajstić information content (AvgIpc) is 3.54. The number of nitrogens with zero attached hydrogens (tertiary/aromatic N) is 1. The number of halogens is 2. The van der Waals surface area contributed by atoms with Crippen LogP contribution in [0.5, 0.6) is 23.0 Å². The fourth-order valence-electron chi connectivity index (χ4n) is 3.83. The third kappa shape index (κ3) is 2.97. The highest BCUT2D eigenvalue weighted by Crippen LogP contribution is 2.53. The standard InChI is InChI=1S/C24H17Br2NO3/c1-11-5-3-4-6-15(11)18-16-7-12(2)21(28)19(25)23(16)30-24-17(18)9-13(8-14-10-27-14)22(29)20(24)26/h3-7,9-10,14,28-29H,1,8H2,2H3/p-2. The van der Waals surface area contributed by atoms with Crippen LogP contribution in [0.1, 0.15) is 22.3 Å². The maximum Gasteiger partial charge on any atom is 0.148 e. The van der Waals surface area contributed by atoms with Crippen LogP contribution in [0, 0.1) is 6.92 Å². The average molecular weight is 525 g/mol. The lowest BCUT2D eigenvalue weighted by Crippen LogP contribution is -2.27. The van der Waals surface area contributed by atoms with Crippen LogP contribution in [-0.4, -0.2) is 12.3 Å². The Morgan fingerprint density at radius 3 is 2.33 bits per heavy atom. The molecule has 1 atom stereocenters. The van der Waals surface area contributed by atoms with Crippen LogP contribution in [0.4, 0.5) is 0 Å². The summed E-state index contributed by atoms with van der Waals surface area (Å²) in [5.74, 6) is 0.561. The minimum atomic E-state index is -0.138. The van der Waals surface area contributed by atoms with Gasteiger partial charge in [0.25, 0.3) is 0 Å². The van der Waals surface area contributed by atoms with E-state index >= 15 is 0 Å². The fraction of sp³-hybridized carbons (Fsp3) is 0.125. The molecule has 150 valence electrons. The highest BCUT2D eigenvalue weighted by molar-refractivity contribution is 9.11. The third-order valence-corrected chi connectivity index (χ3v) is 6.87. The number of aliphatic imine (C=N–C) groups is 1. The molecule has 0 bridgehead atoms. The van der Waals surface area contributed by atoms with Crippen molar-refractivity contribution < 1.29 is 14.9 Å². The zero-order valence-corrected chi connectivity index (χ0v) is 19.1. The Morgan fingerprint density at radius 2 is 1.67 bits per heavy atom. The van der Waals surface area contributed by atoms with Gasteiger partial charge in [0.1, 0.15) is 11.5 Å². The van der Waals surface area contributed by atoms with E-state index in [1.807, 2.05) is 42.6 Å². The van der Waals surface area contributed by atoms with Crippen molar-refractivity contribution in [2.75, 3.05) is 0 Å². The summed E-state index contributed by atoms with van der Waals surface area (Å²) in [4.78, 5) is 4.17. The number of aryl methyl sites for hydroxylation is 1. The Hall–Kier alpha value is -2.57. The van der Waals surface area contributed by atoms with E-state index in [1.165, 1.54) is 0 Å². The van der Waals surface area contributed by atoms with E-state index in [4.69, 9.17) is 4.74 Å². The first-order valence-corrected chi connectivity index (χ1v) is 11.0. The molecule has 0 aliphatic carbocycles. The van der Waals surface area contributed by atoms with Gasteiger partial charge in [-0.1, -0.05) is 53.5 Å². The second kappa shape index (κ2) is 7.00. The van der Waals surface area contributed by atoms with Crippen LogP contribution in [-0.2, 0) is 6.42 Å². The monoisotopic (exact) mass is 523 g/mol. The zero-order chi connectivity index (χ0) is 21.2. The summed E-state index contributed by atoms with van der Waals surface area (Å²) in [7, 11) is 0. The molecule has 3 aromatic rings. The van der Waals surface area contributed by atoms with Crippen LogP contribution in [0.3, 0.4) is 0 Å². The Bertz CT molecular complexity index is 1370. The molecule has 6 heteroatoms. The molecule has 30 heavy (non-hydrogen) atoms. The van der Waals surface area contributed by atoms with E-state index in [0.29, 0.717) is 38.0 Å². The van der Waals surface area contributed by atoms with Gasteiger partial charge in [-0.15, -0.1) is 0 Å². The number of fused-ring (bicyclic) bond motifs is 2. The zero-order valence-electron chi connectivity index (χ0n) is 16.0. The molecule has 0 amide bonds. The Morgan fingerprint density at radius 1 is 1.03 bits per heavy atom. The van der Waals surface area contributed by atoms with Gasteiger partial charge >= 0.3 is 0 Å². The van der Waals surface area contributed by atoms with Crippen molar-refractivity contribution in [2.24, 2.45) is 4.99 Å². The van der Waals surface area contributed by atoms with Crippen molar-refractivity contribution in [3.63, 3.8) is 0 Å². The Labute approximate surface area is 190 Å². The van der Waals surface area contributed by atoms with E-state index in [-0.39, 0.29) is 17.5 Å². The molecule has 1 unspecified atom stereocenters. The van der Waals surface area contributed by atoms with Gasteiger partial charge in [0.05, 0.1) is 15.0 Å². The van der Waals surface area contributed by atoms with Crippen molar-refractivity contribution in [1.29, 1.82) is 0 Å². The summed E-state index contributed by atoms with van der Waals surface area (Å²) in [5.41, 5.74) is 3.76. The quantitative estimate of drug-likeness (QED) is 0.403. The van der Waals surface area contributed by atoms with Gasteiger partial charge in [0.15, 0.2) is 0 Å². The van der Waals surface area contributed by atoms with Gasteiger partial charge in [-0.05, 0) is 67.8 Å². The van der Waals surface area contributed by atoms with E-state index in [1.54, 1.807) is 6.92 Å². The van der Waals surface area contributed by atoms with Crippen LogP contribution in [0.25, 0.3) is 12.2 Å². The van der Waals surface area contributed by atoms with Crippen molar-refractivity contribution in [2.45, 2.75) is 19.4 Å². The van der Waals surface area contributed by atoms with E-state index in [0.717, 1.165) is 27.1 Å². The maximum atomic E-state index is 13.0. The molecular weight excluding hydrogens is 510 g/mol. The fourth-order valence-corrected chi connectivity index (χ4v) is 4.98. The highest BCUT2D eigenvalue weighted by Gasteiger charge is 2.29. The number of ether oxygens (including phenoxy) is 1. The summed E-state index contributed by atoms with van der Waals surface area (Å²) >= 11 is 6.86. The second-order valence-electron chi connectivity index (χ2n) is 7.47. The smallest absolute Gasteiger partial charge is 0.148 e. The largest absolute Gasteiger partial charge is 0.871 e. The molecular formula is C24H15Br2NO3-2. The summed E-state index contributed by atoms with van der Waals surface area (Å²) in [6.45, 7) is 5.98. The van der Waals surface area contributed by atoms with Gasteiger partial charge in [-0.2, -0.15) is 0 Å². The van der Waals surface area contributed by atoms with Crippen molar-refractivity contribution in [3.05, 3.63) is 78.0 Å². The summed E-state index contributed by atoms with van der Waals surface area (Å²) in [5, 5.41) is 27.3.